The van der Waals surface area contributed by atoms with Crippen LogP contribution in [-0.4, -0.2) is 32.8 Å². The van der Waals surface area contributed by atoms with Crippen LogP contribution < -0.4 is 16.0 Å². The van der Waals surface area contributed by atoms with Gasteiger partial charge < -0.3 is 10.6 Å². The van der Waals surface area contributed by atoms with Crippen LogP contribution in [0.2, 0.25) is 0 Å². The molecule has 0 saturated carbocycles. The Hall–Kier alpha value is -5.49. The van der Waals surface area contributed by atoms with E-state index in [0.29, 0.717) is 21.5 Å². The molecule has 0 aliphatic rings. The van der Waals surface area contributed by atoms with Crippen molar-refractivity contribution in [2.45, 2.75) is 22.2 Å². The van der Waals surface area contributed by atoms with Crippen LogP contribution in [0.4, 0.5) is 10.8 Å². The Balaban J connectivity index is 1.22. The van der Waals surface area contributed by atoms with Crippen molar-refractivity contribution in [2.24, 2.45) is 0 Å². The second-order valence-corrected chi connectivity index (χ2v) is 14.2. The minimum Gasteiger partial charge on any atom is -0.321 e. The molecular weight excluding hydrogens is 695 g/mol. The lowest BCUT2D eigenvalue weighted by atomic mass is 10.0. The highest BCUT2D eigenvalue weighted by molar-refractivity contribution is 8.00. The number of rotatable bonds is 13. The van der Waals surface area contributed by atoms with E-state index >= 15 is 0 Å². The molecule has 0 fully saturated rings. The summed E-state index contributed by atoms with van der Waals surface area (Å²) in [5.74, 6) is -0.312. The van der Waals surface area contributed by atoms with Crippen molar-refractivity contribution in [3.8, 4) is 11.1 Å². The maximum absolute atomic E-state index is 13.8. The Labute approximate surface area is 309 Å². The SMILES string of the molecule is CCSc1nsc(NC(=O)C(Sc2cccc(NC(=O)/C(=C\c3ccc(-c4ccccc4)cc3)NC(=O)c3ccccc3)c2)c2ccccc2)n1. The topological polar surface area (TPSA) is 113 Å². The molecule has 0 spiro atoms. The average Bonchev–Trinajstić information content (AvgIpc) is 3.61. The van der Waals surface area contributed by atoms with E-state index in [-0.39, 0.29) is 11.6 Å². The highest BCUT2D eigenvalue weighted by Crippen LogP contribution is 2.37. The van der Waals surface area contributed by atoms with Gasteiger partial charge in [-0.3, -0.25) is 19.7 Å². The van der Waals surface area contributed by atoms with Gasteiger partial charge in [-0.15, -0.1) is 11.8 Å². The molecular formula is C40H33N5O3S3. The minimum absolute atomic E-state index is 0.0774. The number of hydrogen-bond acceptors (Lipinski definition) is 8. The Kier molecular flexibility index (Phi) is 12.1. The van der Waals surface area contributed by atoms with E-state index in [1.165, 1.54) is 23.5 Å². The zero-order valence-corrected chi connectivity index (χ0v) is 29.9. The summed E-state index contributed by atoms with van der Waals surface area (Å²) < 4.78 is 4.31. The average molecular weight is 728 g/mol. The summed E-state index contributed by atoms with van der Waals surface area (Å²) >= 11 is 4.01. The monoisotopic (exact) mass is 727 g/mol. The summed E-state index contributed by atoms with van der Waals surface area (Å²) in [6.45, 7) is 2.02. The molecule has 6 rings (SSSR count). The first-order valence-electron chi connectivity index (χ1n) is 16.1. The number of nitrogens with one attached hydrogen (secondary N) is 3. The fourth-order valence-electron chi connectivity index (χ4n) is 5.01. The molecule has 0 saturated heterocycles. The molecule has 0 aliphatic heterocycles. The fourth-order valence-corrected chi connectivity index (χ4v) is 7.37. The highest BCUT2D eigenvalue weighted by atomic mass is 32.2. The van der Waals surface area contributed by atoms with Crippen LogP contribution in [0, 0.1) is 0 Å². The summed E-state index contributed by atoms with van der Waals surface area (Å²) in [5, 5.41) is 9.12. The van der Waals surface area contributed by atoms with Gasteiger partial charge in [0.25, 0.3) is 11.8 Å². The molecule has 1 unspecified atom stereocenters. The molecule has 51 heavy (non-hydrogen) atoms. The number of aromatic nitrogens is 2. The van der Waals surface area contributed by atoms with Crippen LogP contribution in [0.5, 0.6) is 0 Å². The molecule has 5 aromatic carbocycles. The van der Waals surface area contributed by atoms with E-state index < -0.39 is 17.1 Å². The first kappa shape index (κ1) is 35.3. The van der Waals surface area contributed by atoms with E-state index in [1.807, 2.05) is 110 Å². The summed E-state index contributed by atoms with van der Waals surface area (Å²) in [6.07, 6.45) is 1.65. The number of benzene rings is 5. The van der Waals surface area contributed by atoms with Crippen molar-refractivity contribution in [2.75, 3.05) is 16.4 Å². The van der Waals surface area contributed by atoms with Crippen molar-refractivity contribution >= 4 is 69.7 Å². The van der Waals surface area contributed by atoms with Crippen LogP contribution in [0.1, 0.15) is 33.7 Å². The number of hydrogen-bond donors (Lipinski definition) is 3. The van der Waals surface area contributed by atoms with Crippen LogP contribution in [0.25, 0.3) is 17.2 Å². The van der Waals surface area contributed by atoms with Gasteiger partial charge in [0.2, 0.25) is 16.2 Å². The summed E-state index contributed by atoms with van der Waals surface area (Å²) in [7, 11) is 0. The highest BCUT2D eigenvalue weighted by Gasteiger charge is 2.24. The van der Waals surface area contributed by atoms with Crippen molar-refractivity contribution in [1.29, 1.82) is 0 Å². The van der Waals surface area contributed by atoms with Crippen LogP contribution in [-0.2, 0) is 9.59 Å². The maximum atomic E-state index is 13.8. The number of carbonyl (C=O) groups excluding carboxylic acids is 3. The molecule has 254 valence electrons. The number of thioether (sulfide) groups is 2. The van der Waals surface area contributed by atoms with Gasteiger partial charge in [-0.25, -0.2) is 0 Å². The Morgan fingerprint density at radius 3 is 2.14 bits per heavy atom. The normalized spacial score (nSPS) is 11.7. The molecule has 0 bridgehead atoms. The second kappa shape index (κ2) is 17.4. The fraction of sp³-hybridized carbons (Fsp3) is 0.0750. The third kappa shape index (κ3) is 9.82. The lowest BCUT2D eigenvalue weighted by Gasteiger charge is -2.17. The molecule has 0 radical (unpaired) electrons. The summed E-state index contributed by atoms with van der Waals surface area (Å²) in [5.41, 5.74) is 4.67. The number of carbonyl (C=O) groups is 3. The number of amides is 3. The first-order valence-corrected chi connectivity index (χ1v) is 18.7. The Bertz CT molecular complexity index is 2120. The van der Waals surface area contributed by atoms with Gasteiger partial charge in [-0.05, 0) is 64.4 Å². The largest absolute Gasteiger partial charge is 0.321 e. The quantitative estimate of drug-likeness (QED) is 0.0803. The Morgan fingerprint density at radius 2 is 1.43 bits per heavy atom. The van der Waals surface area contributed by atoms with Crippen molar-refractivity contribution in [3.05, 3.63) is 162 Å². The predicted octanol–water partition coefficient (Wildman–Crippen LogP) is 9.20. The van der Waals surface area contributed by atoms with E-state index in [0.717, 1.165) is 44.4 Å². The van der Waals surface area contributed by atoms with Crippen LogP contribution >= 0.6 is 35.1 Å². The third-order valence-electron chi connectivity index (χ3n) is 7.45. The molecule has 6 aromatic rings. The second-order valence-electron chi connectivity index (χ2n) is 11.1. The van der Waals surface area contributed by atoms with E-state index in [1.54, 1.807) is 42.5 Å². The Morgan fingerprint density at radius 1 is 0.765 bits per heavy atom. The van der Waals surface area contributed by atoms with Gasteiger partial charge >= 0.3 is 0 Å². The zero-order chi connectivity index (χ0) is 35.4. The predicted molar refractivity (Wildman–Crippen MR) is 209 cm³/mol. The van der Waals surface area contributed by atoms with Crippen molar-refractivity contribution in [1.82, 2.24) is 14.7 Å². The maximum Gasteiger partial charge on any atom is 0.272 e. The van der Waals surface area contributed by atoms with Crippen LogP contribution in [0.15, 0.2) is 155 Å². The molecule has 1 atom stereocenters. The van der Waals surface area contributed by atoms with Crippen molar-refractivity contribution in [3.63, 3.8) is 0 Å². The van der Waals surface area contributed by atoms with Gasteiger partial charge in [0.1, 0.15) is 10.9 Å². The molecule has 11 heteroatoms. The molecule has 1 aromatic heterocycles. The number of anilines is 2. The van der Waals surface area contributed by atoms with Gasteiger partial charge in [0.15, 0.2) is 0 Å². The lowest BCUT2D eigenvalue weighted by Crippen LogP contribution is -2.30. The minimum atomic E-state index is -0.609. The zero-order valence-electron chi connectivity index (χ0n) is 27.5. The number of nitrogens with zero attached hydrogens (tertiary/aromatic N) is 2. The molecule has 3 N–H and O–H groups in total. The van der Waals surface area contributed by atoms with E-state index in [2.05, 4.69) is 25.3 Å². The third-order valence-corrected chi connectivity index (χ3v) is 10.2. The molecule has 8 nitrogen and oxygen atoms in total. The summed E-state index contributed by atoms with van der Waals surface area (Å²) in [6, 6.07) is 43.2. The van der Waals surface area contributed by atoms with Gasteiger partial charge in [-0.2, -0.15) is 9.36 Å². The van der Waals surface area contributed by atoms with Gasteiger partial charge in [0.05, 0.1) is 0 Å². The van der Waals surface area contributed by atoms with Gasteiger partial charge in [0, 0.05) is 27.7 Å². The standard InChI is InChI=1S/C40H33N5O3S3/c1-2-49-40-44-39(51-45-40)43-38(48)35(30-15-8-4-9-16-30)50-33-20-12-19-32(26-33)41-37(47)34(42-36(46)31-17-10-5-11-18-31)25-27-21-23-29(24-22-27)28-13-6-3-7-14-28/h3-26,35H,2H2,1H3,(H,41,47)(H,42,46)(H,43,44,45,48)/b34-25+. The molecule has 0 aliphatic carbocycles. The van der Waals surface area contributed by atoms with E-state index in [4.69, 9.17) is 0 Å². The van der Waals surface area contributed by atoms with Crippen molar-refractivity contribution < 1.29 is 14.4 Å². The molecule has 1 heterocycles. The van der Waals surface area contributed by atoms with Crippen LogP contribution in [0.3, 0.4) is 0 Å². The smallest absolute Gasteiger partial charge is 0.272 e. The molecule has 3 amide bonds. The summed E-state index contributed by atoms with van der Waals surface area (Å²) in [4.78, 5) is 45.8. The van der Waals surface area contributed by atoms with Gasteiger partial charge in [-0.1, -0.05) is 128 Å². The van der Waals surface area contributed by atoms with E-state index in [9.17, 15) is 14.4 Å². The first-order chi connectivity index (χ1) is 24.9. The lowest BCUT2D eigenvalue weighted by molar-refractivity contribution is -0.116.